The van der Waals surface area contributed by atoms with Crippen molar-refractivity contribution in [2.45, 2.75) is 19.8 Å². The van der Waals surface area contributed by atoms with Crippen LogP contribution in [0.4, 0.5) is 0 Å². The van der Waals surface area contributed by atoms with Crippen molar-refractivity contribution in [3.8, 4) is 5.75 Å². The van der Waals surface area contributed by atoms with Crippen LogP contribution in [-0.4, -0.2) is 19.6 Å². The first-order valence-electron chi connectivity index (χ1n) is 7.17. The van der Waals surface area contributed by atoms with Gasteiger partial charge in [0.05, 0.1) is 7.11 Å². The van der Waals surface area contributed by atoms with Crippen LogP contribution >= 0.6 is 0 Å². The molecule has 0 aromatic heterocycles. The predicted octanol–water partition coefficient (Wildman–Crippen LogP) is 3.37. The summed E-state index contributed by atoms with van der Waals surface area (Å²) < 4.78 is 5.07. The van der Waals surface area contributed by atoms with Crippen molar-refractivity contribution in [1.29, 1.82) is 0 Å². The van der Waals surface area contributed by atoms with Crippen LogP contribution in [0, 0.1) is 6.92 Å². The SMILES string of the molecule is COc1ccc(C(=O)NCCCc2ccc(C)cc2)cc1. The second kappa shape index (κ2) is 7.48. The Hall–Kier alpha value is -2.29. The summed E-state index contributed by atoms with van der Waals surface area (Å²) >= 11 is 0. The normalized spacial score (nSPS) is 10.2. The van der Waals surface area contributed by atoms with Gasteiger partial charge in [0.2, 0.25) is 0 Å². The van der Waals surface area contributed by atoms with Crippen LogP contribution in [-0.2, 0) is 6.42 Å². The van der Waals surface area contributed by atoms with E-state index < -0.39 is 0 Å². The molecule has 1 amide bonds. The standard InChI is InChI=1S/C18H21NO2/c1-14-5-7-15(8-6-14)4-3-13-19-18(20)16-9-11-17(21-2)12-10-16/h5-12H,3-4,13H2,1-2H3,(H,19,20). The van der Waals surface area contributed by atoms with Gasteiger partial charge in [0.25, 0.3) is 5.91 Å². The van der Waals surface area contributed by atoms with Gasteiger partial charge in [0, 0.05) is 12.1 Å². The molecule has 0 aliphatic heterocycles. The number of amides is 1. The van der Waals surface area contributed by atoms with Crippen LogP contribution in [0.15, 0.2) is 48.5 Å². The first-order valence-corrected chi connectivity index (χ1v) is 7.17. The van der Waals surface area contributed by atoms with Crippen molar-refractivity contribution in [3.05, 3.63) is 65.2 Å². The molecule has 0 spiro atoms. The molecule has 0 radical (unpaired) electrons. The van der Waals surface area contributed by atoms with Crippen LogP contribution < -0.4 is 10.1 Å². The van der Waals surface area contributed by atoms with Crippen LogP contribution in [0.1, 0.15) is 27.9 Å². The Labute approximate surface area is 126 Å². The highest BCUT2D eigenvalue weighted by molar-refractivity contribution is 5.94. The minimum atomic E-state index is -0.0402. The first-order chi connectivity index (χ1) is 10.2. The Balaban J connectivity index is 1.74. The number of hydrogen-bond donors (Lipinski definition) is 1. The number of methoxy groups -OCH3 is 1. The molecule has 0 aliphatic carbocycles. The summed E-state index contributed by atoms with van der Waals surface area (Å²) in [6.45, 7) is 2.76. The van der Waals surface area contributed by atoms with Gasteiger partial charge in [-0.25, -0.2) is 0 Å². The van der Waals surface area contributed by atoms with Crippen molar-refractivity contribution in [2.24, 2.45) is 0 Å². The van der Waals surface area contributed by atoms with Crippen LogP contribution in [0.2, 0.25) is 0 Å². The smallest absolute Gasteiger partial charge is 0.251 e. The molecule has 0 fully saturated rings. The molecule has 0 unspecified atom stereocenters. The minimum absolute atomic E-state index is 0.0402. The summed E-state index contributed by atoms with van der Waals surface area (Å²) in [7, 11) is 1.61. The summed E-state index contributed by atoms with van der Waals surface area (Å²) in [5, 5.41) is 2.94. The van der Waals surface area contributed by atoms with Crippen molar-refractivity contribution in [1.82, 2.24) is 5.32 Å². The molecule has 0 heterocycles. The van der Waals surface area contributed by atoms with Crippen molar-refractivity contribution in [3.63, 3.8) is 0 Å². The lowest BCUT2D eigenvalue weighted by molar-refractivity contribution is 0.0953. The van der Waals surface area contributed by atoms with E-state index in [2.05, 4.69) is 36.5 Å². The third kappa shape index (κ3) is 4.63. The molecule has 2 aromatic rings. The Morgan fingerprint density at radius 2 is 1.71 bits per heavy atom. The molecule has 0 saturated carbocycles. The van der Waals surface area contributed by atoms with Gasteiger partial charge in [0.1, 0.15) is 5.75 Å². The monoisotopic (exact) mass is 283 g/mol. The van der Waals surface area contributed by atoms with Gasteiger partial charge in [0.15, 0.2) is 0 Å². The highest BCUT2D eigenvalue weighted by Crippen LogP contribution is 2.11. The molecule has 0 atom stereocenters. The fourth-order valence-corrected chi connectivity index (χ4v) is 2.09. The van der Waals surface area contributed by atoms with Crippen molar-refractivity contribution < 1.29 is 9.53 Å². The summed E-state index contributed by atoms with van der Waals surface area (Å²) in [5.41, 5.74) is 3.23. The van der Waals surface area contributed by atoms with Crippen LogP contribution in [0.5, 0.6) is 5.75 Å². The average molecular weight is 283 g/mol. The number of ether oxygens (including phenoxy) is 1. The van der Waals surface area contributed by atoms with E-state index in [9.17, 15) is 4.79 Å². The molecule has 21 heavy (non-hydrogen) atoms. The van der Waals surface area contributed by atoms with E-state index in [0.717, 1.165) is 18.6 Å². The number of carbonyl (C=O) groups is 1. The topological polar surface area (TPSA) is 38.3 Å². The van der Waals surface area contributed by atoms with Gasteiger partial charge in [-0.1, -0.05) is 29.8 Å². The van der Waals surface area contributed by atoms with E-state index in [0.29, 0.717) is 12.1 Å². The highest BCUT2D eigenvalue weighted by Gasteiger charge is 2.04. The van der Waals surface area contributed by atoms with E-state index in [-0.39, 0.29) is 5.91 Å². The molecule has 0 bridgehead atoms. The minimum Gasteiger partial charge on any atom is -0.497 e. The fraction of sp³-hybridized carbons (Fsp3) is 0.278. The third-order valence-corrected chi connectivity index (χ3v) is 3.40. The summed E-state index contributed by atoms with van der Waals surface area (Å²) in [6, 6.07) is 15.6. The lowest BCUT2D eigenvalue weighted by Gasteiger charge is -2.06. The number of benzene rings is 2. The van der Waals surface area contributed by atoms with E-state index in [1.807, 2.05) is 0 Å². The first kappa shape index (κ1) is 15.1. The zero-order chi connectivity index (χ0) is 15.1. The molecular formula is C18H21NO2. The summed E-state index contributed by atoms with van der Waals surface area (Å²) in [4.78, 5) is 11.9. The Morgan fingerprint density at radius 1 is 1.05 bits per heavy atom. The lowest BCUT2D eigenvalue weighted by atomic mass is 10.1. The van der Waals surface area contributed by atoms with Gasteiger partial charge in [-0.3, -0.25) is 4.79 Å². The number of aryl methyl sites for hydroxylation is 2. The maximum absolute atomic E-state index is 11.9. The van der Waals surface area contributed by atoms with Crippen LogP contribution in [0.3, 0.4) is 0 Å². The molecule has 2 aromatic carbocycles. The highest BCUT2D eigenvalue weighted by atomic mass is 16.5. The second-order valence-corrected chi connectivity index (χ2v) is 5.07. The lowest BCUT2D eigenvalue weighted by Crippen LogP contribution is -2.24. The van der Waals surface area contributed by atoms with Gasteiger partial charge in [-0.2, -0.15) is 0 Å². The van der Waals surface area contributed by atoms with E-state index in [1.165, 1.54) is 11.1 Å². The van der Waals surface area contributed by atoms with E-state index >= 15 is 0 Å². The molecule has 1 N–H and O–H groups in total. The van der Waals surface area contributed by atoms with E-state index in [4.69, 9.17) is 4.74 Å². The van der Waals surface area contributed by atoms with Gasteiger partial charge in [-0.05, 0) is 49.6 Å². The Morgan fingerprint density at radius 3 is 2.33 bits per heavy atom. The molecule has 3 nitrogen and oxygen atoms in total. The number of rotatable bonds is 6. The fourth-order valence-electron chi connectivity index (χ4n) is 2.09. The molecule has 3 heteroatoms. The number of hydrogen-bond acceptors (Lipinski definition) is 2. The van der Waals surface area contributed by atoms with Crippen molar-refractivity contribution >= 4 is 5.91 Å². The number of nitrogens with one attached hydrogen (secondary N) is 1. The summed E-state index contributed by atoms with van der Waals surface area (Å²) in [5.74, 6) is 0.715. The van der Waals surface area contributed by atoms with Gasteiger partial charge < -0.3 is 10.1 Å². The quantitative estimate of drug-likeness (QED) is 0.825. The average Bonchev–Trinajstić information content (AvgIpc) is 2.53. The molecule has 2 rings (SSSR count). The Kier molecular flexibility index (Phi) is 5.38. The van der Waals surface area contributed by atoms with E-state index in [1.54, 1.807) is 31.4 Å². The van der Waals surface area contributed by atoms with Crippen LogP contribution in [0.25, 0.3) is 0 Å². The predicted molar refractivity (Wildman–Crippen MR) is 84.8 cm³/mol. The largest absolute Gasteiger partial charge is 0.497 e. The molecule has 0 saturated heterocycles. The van der Waals surface area contributed by atoms with Gasteiger partial charge >= 0.3 is 0 Å². The second-order valence-electron chi connectivity index (χ2n) is 5.07. The zero-order valence-electron chi connectivity index (χ0n) is 12.6. The molecule has 0 aliphatic rings. The molecular weight excluding hydrogens is 262 g/mol. The summed E-state index contributed by atoms with van der Waals surface area (Å²) in [6.07, 6.45) is 1.91. The van der Waals surface area contributed by atoms with Crippen molar-refractivity contribution in [2.75, 3.05) is 13.7 Å². The molecule has 110 valence electrons. The number of carbonyl (C=O) groups excluding carboxylic acids is 1. The maximum Gasteiger partial charge on any atom is 0.251 e. The Bertz CT molecular complexity index is 573. The zero-order valence-corrected chi connectivity index (χ0v) is 12.6. The van der Waals surface area contributed by atoms with Gasteiger partial charge in [-0.15, -0.1) is 0 Å². The third-order valence-electron chi connectivity index (χ3n) is 3.40. The maximum atomic E-state index is 11.9.